The summed E-state index contributed by atoms with van der Waals surface area (Å²) in [5, 5.41) is 26.9. The molecule has 1 heterocycles. The molecule has 2 aromatic rings. The summed E-state index contributed by atoms with van der Waals surface area (Å²) in [7, 11) is 1.45. The van der Waals surface area contributed by atoms with Crippen molar-refractivity contribution in [3.05, 3.63) is 75.0 Å². The number of dihydropyridines is 1. The monoisotopic (exact) mass is 489 g/mol. The van der Waals surface area contributed by atoms with Gasteiger partial charge in [-0.25, -0.2) is 0 Å². The van der Waals surface area contributed by atoms with E-state index < -0.39 is 5.92 Å². The van der Waals surface area contributed by atoms with Crippen molar-refractivity contribution in [3.8, 4) is 17.6 Å². The van der Waals surface area contributed by atoms with Crippen LogP contribution in [0.15, 0.2) is 58.3 Å². The molecule has 0 aromatic heterocycles. The van der Waals surface area contributed by atoms with Gasteiger partial charge in [-0.15, -0.1) is 0 Å². The van der Waals surface area contributed by atoms with Crippen LogP contribution in [0.2, 0.25) is 0 Å². The SMILES string of the molecule is COc1cc(C2C(C#N)=C(SCC(=O)Nc3ccc(C)c(C)c3)NC3=C2C(=O)CCC3)ccc1O. The highest BCUT2D eigenvalue weighted by Crippen LogP contribution is 2.45. The summed E-state index contributed by atoms with van der Waals surface area (Å²) < 4.78 is 5.26. The zero-order chi connectivity index (χ0) is 25.1. The minimum atomic E-state index is -0.594. The summed E-state index contributed by atoms with van der Waals surface area (Å²) in [5.74, 6) is -0.431. The molecule has 8 heteroatoms. The number of carbonyl (C=O) groups is 2. The summed E-state index contributed by atoms with van der Waals surface area (Å²) in [6, 6.07) is 12.9. The number of amides is 1. The van der Waals surface area contributed by atoms with Crippen LogP contribution in [0, 0.1) is 25.2 Å². The second-order valence-electron chi connectivity index (χ2n) is 8.65. The molecule has 3 N–H and O–H groups in total. The Hall–Kier alpha value is -3.70. The van der Waals surface area contributed by atoms with Gasteiger partial charge in [-0.1, -0.05) is 23.9 Å². The maximum absolute atomic E-state index is 12.9. The Bertz CT molecular complexity index is 1310. The zero-order valence-corrected chi connectivity index (χ0v) is 20.7. The van der Waals surface area contributed by atoms with Gasteiger partial charge in [-0.05, 0) is 67.6 Å². The maximum atomic E-state index is 12.9. The molecule has 0 saturated heterocycles. The minimum Gasteiger partial charge on any atom is -0.504 e. The van der Waals surface area contributed by atoms with Gasteiger partial charge in [0, 0.05) is 23.4 Å². The van der Waals surface area contributed by atoms with Crippen molar-refractivity contribution < 1.29 is 19.4 Å². The van der Waals surface area contributed by atoms with Gasteiger partial charge in [0.1, 0.15) is 0 Å². The molecule has 0 spiro atoms. The summed E-state index contributed by atoms with van der Waals surface area (Å²) in [5.41, 5.74) is 5.37. The molecule has 35 heavy (non-hydrogen) atoms. The molecule has 4 rings (SSSR count). The number of allylic oxidation sites excluding steroid dienone is 3. The van der Waals surface area contributed by atoms with Crippen LogP contribution in [0.25, 0.3) is 0 Å². The number of anilines is 1. The second kappa shape index (κ2) is 10.3. The highest BCUT2D eigenvalue weighted by molar-refractivity contribution is 8.03. The first kappa shape index (κ1) is 24.4. The van der Waals surface area contributed by atoms with Crippen LogP contribution < -0.4 is 15.4 Å². The van der Waals surface area contributed by atoms with Crippen LogP contribution in [-0.2, 0) is 9.59 Å². The summed E-state index contributed by atoms with van der Waals surface area (Å²) in [6.07, 6.45) is 1.83. The van der Waals surface area contributed by atoms with Crippen molar-refractivity contribution in [3.63, 3.8) is 0 Å². The first-order chi connectivity index (χ1) is 16.8. The Kier molecular flexibility index (Phi) is 7.17. The number of ketones is 1. The molecule has 2 aliphatic rings. The van der Waals surface area contributed by atoms with E-state index in [0.29, 0.717) is 34.6 Å². The lowest BCUT2D eigenvalue weighted by molar-refractivity contribution is -0.116. The summed E-state index contributed by atoms with van der Waals surface area (Å²) >= 11 is 1.24. The number of thioether (sulfide) groups is 1. The van der Waals surface area contributed by atoms with Crippen LogP contribution in [0.1, 0.15) is 41.9 Å². The van der Waals surface area contributed by atoms with Crippen molar-refractivity contribution in [2.75, 3.05) is 18.2 Å². The number of nitrogens with one attached hydrogen (secondary N) is 2. The van der Waals surface area contributed by atoms with Crippen LogP contribution >= 0.6 is 11.8 Å². The second-order valence-corrected chi connectivity index (χ2v) is 9.63. The summed E-state index contributed by atoms with van der Waals surface area (Å²) in [4.78, 5) is 25.6. The molecule has 1 atom stereocenters. The van der Waals surface area contributed by atoms with Gasteiger partial charge in [0.15, 0.2) is 17.3 Å². The number of phenols is 1. The van der Waals surface area contributed by atoms with Crippen LogP contribution in [0.5, 0.6) is 11.5 Å². The van der Waals surface area contributed by atoms with E-state index in [2.05, 4.69) is 16.7 Å². The highest BCUT2D eigenvalue weighted by Gasteiger charge is 2.37. The Morgan fingerprint density at radius 1 is 1.23 bits per heavy atom. The highest BCUT2D eigenvalue weighted by atomic mass is 32.2. The fraction of sp³-hybridized carbons (Fsp3) is 0.296. The van der Waals surface area contributed by atoms with Crippen molar-refractivity contribution in [1.82, 2.24) is 5.32 Å². The van der Waals surface area contributed by atoms with Crippen molar-refractivity contribution in [2.45, 2.75) is 39.0 Å². The minimum absolute atomic E-state index is 0.0000701. The van der Waals surface area contributed by atoms with Crippen LogP contribution in [0.3, 0.4) is 0 Å². The average molecular weight is 490 g/mol. The largest absolute Gasteiger partial charge is 0.504 e. The number of methoxy groups -OCH3 is 1. The van der Waals surface area contributed by atoms with Gasteiger partial charge in [-0.2, -0.15) is 5.26 Å². The lowest BCUT2D eigenvalue weighted by Crippen LogP contribution is -2.31. The number of Topliss-reactive ketones (excluding diaryl/α,β-unsaturated/α-hetero) is 1. The Morgan fingerprint density at radius 2 is 2.03 bits per heavy atom. The molecule has 0 radical (unpaired) electrons. The first-order valence-electron chi connectivity index (χ1n) is 11.4. The zero-order valence-electron chi connectivity index (χ0n) is 19.9. The van der Waals surface area contributed by atoms with Gasteiger partial charge in [0.2, 0.25) is 5.91 Å². The fourth-order valence-corrected chi connectivity index (χ4v) is 5.26. The number of aromatic hydroxyl groups is 1. The van der Waals surface area contributed by atoms with E-state index in [1.807, 2.05) is 32.0 Å². The smallest absolute Gasteiger partial charge is 0.234 e. The molecular weight excluding hydrogens is 462 g/mol. The molecule has 1 aliphatic carbocycles. The molecule has 0 saturated carbocycles. The van der Waals surface area contributed by atoms with E-state index in [4.69, 9.17) is 4.74 Å². The number of phenolic OH excluding ortho intramolecular Hbond substituents is 1. The number of rotatable bonds is 6. The van der Waals surface area contributed by atoms with Gasteiger partial charge in [0.05, 0.1) is 35.5 Å². The topological polar surface area (TPSA) is 111 Å². The molecule has 1 amide bonds. The van der Waals surface area contributed by atoms with Gasteiger partial charge >= 0.3 is 0 Å². The van der Waals surface area contributed by atoms with Crippen LogP contribution in [0.4, 0.5) is 5.69 Å². The van der Waals surface area contributed by atoms with E-state index in [9.17, 15) is 20.0 Å². The lowest BCUT2D eigenvalue weighted by atomic mass is 9.77. The molecule has 1 unspecified atom stereocenters. The Labute approximate surface area is 208 Å². The fourth-order valence-electron chi connectivity index (χ4n) is 4.40. The third kappa shape index (κ3) is 5.05. The number of hydrogen-bond acceptors (Lipinski definition) is 7. The maximum Gasteiger partial charge on any atom is 0.234 e. The Balaban J connectivity index is 1.63. The quantitative estimate of drug-likeness (QED) is 0.533. The van der Waals surface area contributed by atoms with Gasteiger partial charge < -0.3 is 20.5 Å². The molecule has 7 nitrogen and oxygen atoms in total. The molecule has 0 bridgehead atoms. The lowest BCUT2D eigenvalue weighted by Gasteiger charge is -2.33. The third-order valence-electron chi connectivity index (χ3n) is 6.34. The van der Waals surface area contributed by atoms with E-state index in [0.717, 1.165) is 28.9 Å². The van der Waals surface area contributed by atoms with Crippen molar-refractivity contribution in [1.29, 1.82) is 5.26 Å². The molecule has 2 aromatic carbocycles. The van der Waals surface area contributed by atoms with E-state index in [1.54, 1.807) is 12.1 Å². The molecule has 180 valence electrons. The number of nitrogens with zero attached hydrogens (tertiary/aromatic N) is 1. The third-order valence-corrected chi connectivity index (χ3v) is 7.36. The van der Waals surface area contributed by atoms with Crippen molar-refractivity contribution in [2.24, 2.45) is 0 Å². The number of nitriles is 1. The van der Waals surface area contributed by atoms with Crippen LogP contribution in [-0.4, -0.2) is 29.7 Å². The Morgan fingerprint density at radius 3 is 2.74 bits per heavy atom. The van der Waals surface area contributed by atoms with E-state index >= 15 is 0 Å². The van der Waals surface area contributed by atoms with E-state index in [1.165, 1.54) is 24.9 Å². The number of carbonyl (C=O) groups excluding carboxylic acids is 2. The predicted molar refractivity (Wildman–Crippen MR) is 136 cm³/mol. The molecule has 1 aliphatic heterocycles. The standard InChI is InChI=1S/C27H27N3O4S/c1-15-7-9-18(11-16(15)2)29-24(33)14-35-27-19(13-28)25(17-8-10-21(31)23(12-17)34-3)26-20(30-27)5-4-6-22(26)32/h7-12,25,30-31H,4-6,14H2,1-3H3,(H,29,33). The van der Waals surface area contributed by atoms with Gasteiger partial charge in [0.25, 0.3) is 0 Å². The van der Waals surface area contributed by atoms with E-state index in [-0.39, 0.29) is 28.9 Å². The number of benzene rings is 2. The molecule has 0 fully saturated rings. The number of ether oxygens (including phenoxy) is 1. The normalized spacial score (nSPS) is 17.4. The number of aryl methyl sites for hydroxylation is 2. The first-order valence-corrected chi connectivity index (χ1v) is 12.3. The predicted octanol–water partition coefficient (Wildman–Crippen LogP) is 4.82. The summed E-state index contributed by atoms with van der Waals surface area (Å²) in [6.45, 7) is 4.01. The van der Waals surface area contributed by atoms with Gasteiger partial charge in [-0.3, -0.25) is 9.59 Å². The van der Waals surface area contributed by atoms with Crippen molar-refractivity contribution >= 4 is 29.1 Å². The molecular formula is C27H27N3O4S. The number of hydrogen-bond donors (Lipinski definition) is 3. The average Bonchev–Trinajstić information content (AvgIpc) is 2.84.